The Bertz CT molecular complexity index is 352. The van der Waals surface area contributed by atoms with Crippen molar-refractivity contribution in [3.8, 4) is 0 Å². The van der Waals surface area contributed by atoms with Crippen molar-refractivity contribution in [2.45, 2.75) is 20.3 Å². The minimum Gasteiger partial charge on any atom is -0.360 e. The highest BCUT2D eigenvalue weighted by Gasteiger charge is 2.45. The lowest BCUT2D eigenvalue weighted by Crippen LogP contribution is -2.06. The number of H-pyrrole nitrogens is 1. The largest absolute Gasteiger partial charge is 0.360 e. The predicted octanol–water partition coefficient (Wildman–Crippen LogP) is 2.66. The second-order valence-electron chi connectivity index (χ2n) is 4.19. The highest BCUT2D eigenvalue weighted by atomic mass is 32.1. The van der Waals surface area contributed by atoms with E-state index in [2.05, 4.69) is 29.4 Å². The molecule has 0 saturated heterocycles. The average molecular weight is 215 g/mol. The molecule has 5 heteroatoms. The number of nitrogens with zero attached hydrogens (tertiary/aromatic N) is 1. The molecule has 1 aromatic heterocycles. The van der Waals surface area contributed by atoms with Crippen LogP contribution in [-0.2, 0) is 0 Å². The van der Waals surface area contributed by atoms with Gasteiger partial charge in [0, 0.05) is 6.54 Å². The summed E-state index contributed by atoms with van der Waals surface area (Å²) in [5.41, 5.74) is 0.533. The second-order valence-corrected chi connectivity index (χ2v) is 5.85. The van der Waals surface area contributed by atoms with Crippen LogP contribution in [0, 0.1) is 15.3 Å². The molecule has 1 aliphatic carbocycles. The van der Waals surface area contributed by atoms with Gasteiger partial charge in [0.1, 0.15) is 0 Å². The van der Waals surface area contributed by atoms with Gasteiger partial charge in [-0.15, -0.1) is 5.10 Å². The van der Waals surface area contributed by atoms with Crippen LogP contribution in [0.25, 0.3) is 0 Å². The average Bonchev–Trinajstić information content (AvgIpc) is 2.45. The van der Waals surface area contributed by atoms with Crippen molar-refractivity contribution in [3.05, 3.63) is 3.95 Å². The van der Waals surface area contributed by atoms with Crippen molar-refractivity contribution in [2.24, 2.45) is 11.3 Å². The maximum absolute atomic E-state index is 4.93. The van der Waals surface area contributed by atoms with Crippen LogP contribution in [-0.4, -0.2) is 16.7 Å². The Morgan fingerprint density at radius 2 is 2.46 bits per heavy atom. The lowest BCUT2D eigenvalue weighted by atomic mass is 10.1. The summed E-state index contributed by atoms with van der Waals surface area (Å²) < 4.78 is 0.734. The van der Waals surface area contributed by atoms with Gasteiger partial charge in [0.2, 0.25) is 5.13 Å². The summed E-state index contributed by atoms with van der Waals surface area (Å²) >= 11 is 6.43. The molecule has 0 aliphatic heterocycles. The van der Waals surface area contributed by atoms with Crippen molar-refractivity contribution in [2.75, 3.05) is 11.9 Å². The molecule has 1 fully saturated rings. The minimum absolute atomic E-state index is 0.533. The zero-order valence-corrected chi connectivity index (χ0v) is 9.39. The zero-order valence-electron chi connectivity index (χ0n) is 7.76. The van der Waals surface area contributed by atoms with E-state index >= 15 is 0 Å². The van der Waals surface area contributed by atoms with Gasteiger partial charge >= 0.3 is 0 Å². The van der Waals surface area contributed by atoms with Crippen LogP contribution >= 0.6 is 23.6 Å². The van der Waals surface area contributed by atoms with Gasteiger partial charge in [-0.1, -0.05) is 25.2 Å². The van der Waals surface area contributed by atoms with Crippen LogP contribution in [0.3, 0.4) is 0 Å². The Kier molecular flexibility index (Phi) is 2.15. The Balaban J connectivity index is 1.84. The molecule has 1 unspecified atom stereocenters. The zero-order chi connectivity index (χ0) is 9.47. The predicted molar refractivity (Wildman–Crippen MR) is 57.7 cm³/mol. The third-order valence-corrected chi connectivity index (χ3v) is 3.70. The number of anilines is 1. The molecule has 0 bridgehead atoms. The third-order valence-electron chi connectivity index (χ3n) is 2.66. The molecule has 1 atom stereocenters. The van der Waals surface area contributed by atoms with Crippen LogP contribution < -0.4 is 5.32 Å². The molecule has 0 aromatic carbocycles. The van der Waals surface area contributed by atoms with E-state index in [1.807, 2.05) is 0 Å². The maximum Gasteiger partial charge on any atom is 0.204 e. The van der Waals surface area contributed by atoms with E-state index in [0.717, 1.165) is 21.5 Å². The molecular formula is C8H13N3S2. The molecule has 0 spiro atoms. The molecule has 2 N–H and O–H groups in total. The molecule has 0 amide bonds. The smallest absolute Gasteiger partial charge is 0.204 e. The Hall–Kier alpha value is -0.420. The number of nitrogens with one attached hydrogen (secondary N) is 2. The number of aromatic nitrogens is 2. The van der Waals surface area contributed by atoms with Gasteiger partial charge in [0.25, 0.3) is 0 Å². The third kappa shape index (κ3) is 2.08. The van der Waals surface area contributed by atoms with E-state index in [9.17, 15) is 0 Å². The Morgan fingerprint density at radius 3 is 2.92 bits per heavy atom. The summed E-state index contributed by atoms with van der Waals surface area (Å²) in [4.78, 5) is 0. The van der Waals surface area contributed by atoms with E-state index in [1.165, 1.54) is 17.8 Å². The fourth-order valence-corrected chi connectivity index (χ4v) is 2.24. The molecule has 1 saturated carbocycles. The van der Waals surface area contributed by atoms with Crippen molar-refractivity contribution in [1.29, 1.82) is 0 Å². The van der Waals surface area contributed by atoms with Gasteiger partial charge < -0.3 is 5.32 Å². The van der Waals surface area contributed by atoms with Gasteiger partial charge in [-0.2, -0.15) is 0 Å². The first-order chi connectivity index (χ1) is 6.08. The summed E-state index contributed by atoms with van der Waals surface area (Å²) in [6.45, 7) is 5.61. The van der Waals surface area contributed by atoms with Gasteiger partial charge in [-0.05, 0) is 30.0 Å². The molecule has 0 radical (unpaired) electrons. The standard InChI is InChI=1S/C8H13N3S2/c1-8(2)3-5(8)4-9-6-10-11-7(12)13-6/h5H,3-4H2,1-2H3,(H,9,10)(H,11,12). The maximum atomic E-state index is 4.93. The molecule has 13 heavy (non-hydrogen) atoms. The first-order valence-corrected chi connectivity index (χ1v) is 5.60. The van der Waals surface area contributed by atoms with Gasteiger partial charge in [0.15, 0.2) is 3.95 Å². The molecule has 1 aromatic rings. The van der Waals surface area contributed by atoms with Crippen molar-refractivity contribution >= 4 is 28.7 Å². The van der Waals surface area contributed by atoms with Crippen molar-refractivity contribution in [1.82, 2.24) is 10.2 Å². The summed E-state index contributed by atoms with van der Waals surface area (Å²) in [5.74, 6) is 0.796. The van der Waals surface area contributed by atoms with Crippen molar-refractivity contribution < 1.29 is 0 Å². The van der Waals surface area contributed by atoms with E-state index < -0.39 is 0 Å². The van der Waals surface area contributed by atoms with Gasteiger partial charge in [-0.3, -0.25) is 5.10 Å². The summed E-state index contributed by atoms with van der Waals surface area (Å²) in [7, 11) is 0. The van der Waals surface area contributed by atoms with Crippen molar-refractivity contribution in [3.63, 3.8) is 0 Å². The van der Waals surface area contributed by atoms with E-state index in [0.29, 0.717) is 5.41 Å². The number of aromatic amines is 1. The van der Waals surface area contributed by atoms with Crippen LogP contribution in [0.5, 0.6) is 0 Å². The lowest BCUT2D eigenvalue weighted by molar-refractivity contribution is 0.573. The molecule has 1 heterocycles. The topological polar surface area (TPSA) is 40.7 Å². The van der Waals surface area contributed by atoms with Gasteiger partial charge in [0.05, 0.1) is 0 Å². The Morgan fingerprint density at radius 1 is 1.77 bits per heavy atom. The molecule has 72 valence electrons. The first-order valence-electron chi connectivity index (χ1n) is 4.37. The SMILES string of the molecule is CC1(C)CC1CNc1n[nH]c(=S)s1. The fraction of sp³-hybridized carbons (Fsp3) is 0.750. The Labute approximate surface area is 86.6 Å². The first kappa shape index (κ1) is 9.15. The lowest BCUT2D eigenvalue weighted by Gasteiger charge is -2.03. The second kappa shape index (κ2) is 3.06. The fourth-order valence-electron chi connectivity index (χ4n) is 1.44. The van der Waals surface area contributed by atoms with Gasteiger partial charge in [-0.25, -0.2) is 0 Å². The molecule has 2 rings (SSSR count). The van der Waals surface area contributed by atoms with Crippen LogP contribution in [0.4, 0.5) is 5.13 Å². The van der Waals surface area contributed by atoms with Crippen LogP contribution in [0.1, 0.15) is 20.3 Å². The highest BCUT2D eigenvalue weighted by Crippen LogP contribution is 2.51. The molecule has 1 aliphatic rings. The van der Waals surface area contributed by atoms with E-state index in [1.54, 1.807) is 0 Å². The summed E-state index contributed by atoms with van der Waals surface area (Å²) in [6, 6.07) is 0. The minimum atomic E-state index is 0.533. The molecular weight excluding hydrogens is 202 g/mol. The summed E-state index contributed by atoms with van der Waals surface area (Å²) in [6.07, 6.45) is 1.32. The quantitative estimate of drug-likeness (QED) is 0.762. The number of hydrogen-bond acceptors (Lipinski definition) is 4. The van der Waals surface area contributed by atoms with E-state index in [4.69, 9.17) is 12.2 Å². The number of rotatable bonds is 3. The van der Waals surface area contributed by atoms with Crippen LogP contribution in [0.15, 0.2) is 0 Å². The summed E-state index contributed by atoms with van der Waals surface area (Å²) in [5, 5.41) is 11.0. The number of hydrogen-bond donors (Lipinski definition) is 2. The van der Waals surface area contributed by atoms with Crippen LogP contribution in [0.2, 0.25) is 0 Å². The highest BCUT2D eigenvalue weighted by molar-refractivity contribution is 7.73. The molecule has 3 nitrogen and oxygen atoms in total. The van der Waals surface area contributed by atoms with E-state index in [-0.39, 0.29) is 0 Å². The monoisotopic (exact) mass is 215 g/mol. The normalized spacial score (nSPS) is 24.3.